The molecule has 0 spiro atoms. The molecule has 1 aliphatic rings. The van der Waals surface area contributed by atoms with E-state index in [9.17, 15) is 0 Å². The topological polar surface area (TPSA) is 16.1 Å². The molecule has 2 heterocycles. The summed E-state index contributed by atoms with van der Waals surface area (Å²) in [6, 6.07) is 11.9. The second kappa shape index (κ2) is 8.37. The van der Waals surface area contributed by atoms with E-state index in [-0.39, 0.29) is 0 Å². The van der Waals surface area contributed by atoms with Crippen LogP contribution >= 0.6 is 23.2 Å². The molecule has 0 bridgehead atoms. The maximum atomic E-state index is 6.41. The second-order valence-corrected chi connectivity index (χ2v) is 6.29. The Labute approximate surface area is 160 Å². The quantitative estimate of drug-likeness (QED) is 0.583. The van der Waals surface area contributed by atoms with Gasteiger partial charge >= 0.3 is 0 Å². The average molecular weight is 373 g/mol. The summed E-state index contributed by atoms with van der Waals surface area (Å²) in [6.07, 6.45) is 3.74. The fourth-order valence-electron chi connectivity index (χ4n) is 2.66. The molecule has 0 radical (unpaired) electrons. The van der Waals surface area contributed by atoms with Gasteiger partial charge in [0.2, 0.25) is 0 Å². The molecule has 1 aliphatic heterocycles. The molecular weight excluding hydrogens is 351 g/mol. The molecule has 25 heavy (non-hydrogen) atoms. The monoisotopic (exact) mass is 372 g/mol. The lowest BCUT2D eigenvalue weighted by Crippen LogP contribution is -2.21. The van der Waals surface area contributed by atoms with Gasteiger partial charge in [-0.2, -0.15) is 0 Å². The number of allylic oxidation sites excluding steroid dienone is 3. The minimum absolute atomic E-state index is 0.518. The molecule has 0 atom stereocenters. The predicted molar refractivity (Wildman–Crippen MR) is 110 cm³/mol. The molecule has 0 aliphatic carbocycles. The van der Waals surface area contributed by atoms with Gasteiger partial charge in [0.05, 0.1) is 15.7 Å². The van der Waals surface area contributed by atoms with Crippen molar-refractivity contribution < 1.29 is 0 Å². The van der Waals surface area contributed by atoms with Crippen LogP contribution in [0.25, 0.3) is 11.3 Å². The smallest absolute Gasteiger partial charge is 0.106 e. The van der Waals surface area contributed by atoms with Crippen LogP contribution in [-0.4, -0.2) is 16.9 Å². The van der Waals surface area contributed by atoms with Gasteiger partial charge in [0.1, 0.15) is 5.69 Å². The van der Waals surface area contributed by atoms with Crippen LogP contribution in [0.4, 0.5) is 0 Å². The first-order valence-corrected chi connectivity index (χ1v) is 8.97. The standard InChI is InChI=1S/C19H16Cl2N2.C2H6/c1-12-9-16(14-7-5-4-6-8-14)19(23(3)13(12)2)18-17(21)10-15(20)11-22-18;1-2/h4-11H,2H2,1,3H3;1-2H3. The fraction of sp³-hybridized carbons (Fsp3) is 0.190. The van der Waals surface area contributed by atoms with Gasteiger partial charge in [0.25, 0.3) is 0 Å². The van der Waals surface area contributed by atoms with Gasteiger partial charge in [0, 0.05) is 24.5 Å². The molecule has 4 heteroatoms. The Morgan fingerprint density at radius 3 is 2.32 bits per heavy atom. The van der Waals surface area contributed by atoms with Gasteiger partial charge in [0.15, 0.2) is 0 Å². The summed E-state index contributed by atoms with van der Waals surface area (Å²) in [5.41, 5.74) is 5.83. The van der Waals surface area contributed by atoms with Crippen LogP contribution in [0, 0.1) is 0 Å². The number of halogens is 2. The largest absolute Gasteiger partial charge is 0.343 e. The first kappa shape index (κ1) is 19.3. The van der Waals surface area contributed by atoms with Gasteiger partial charge < -0.3 is 4.90 Å². The summed E-state index contributed by atoms with van der Waals surface area (Å²) in [7, 11) is 1.98. The number of pyridine rings is 1. The summed E-state index contributed by atoms with van der Waals surface area (Å²) in [5.74, 6) is 0. The van der Waals surface area contributed by atoms with Crippen LogP contribution < -0.4 is 0 Å². The number of likely N-dealkylation sites (N-methyl/N-ethyl adjacent to an activating group) is 1. The van der Waals surface area contributed by atoms with E-state index in [1.807, 2.05) is 44.0 Å². The highest BCUT2D eigenvalue weighted by atomic mass is 35.5. The zero-order valence-electron chi connectivity index (χ0n) is 15.0. The summed E-state index contributed by atoms with van der Waals surface area (Å²) >= 11 is 12.4. The van der Waals surface area contributed by atoms with Crippen LogP contribution in [0.2, 0.25) is 10.0 Å². The Balaban J connectivity index is 0.00000109. The van der Waals surface area contributed by atoms with Crippen LogP contribution in [0.5, 0.6) is 0 Å². The molecule has 1 aromatic carbocycles. The van der Waals surface area contributed by atoms with Crippen molar-refractivity contribution in [1.29, 1.82) is 0 Å². The Morgan fingerprint density at radius 1 is 1.08 bits per heavy atom. The maximum Gasteiger partial charge on any atom is 0.106 e. The molecule has 0 fully saturated rings. The normalized spacial score (nSPS) is 14.1. The van der Waals surface area contributed by atoms with Gasteiger partial charge in [-0.1, -0.05) is 74.0 Å². The number of hydrogen-bond donors (Lipinski definition) is 0. The van der Waals surface area contributed by atoms with Crippen molar-refractivity contribution >= 4 is 34.5 Å². The molecule has 0 N–H and O–H groups in total. The second-order valence-electron chi connectivity index (χ2n) is 5.45. The Bertz CT molecular complexity index is 836. The molecule has 3 rings (SSSR count). The van der Waals surface area contributed by atoms with E-state index in [2.05, 4.69) is 36.7 Å². The van der Waals surface area contributed by atoms with Gasteiger partial charge in [-0.3, -0.25) is 4.98 Å². The average Bonchev–Trinajstić information content (AvgIpc) is 2.63. The van der Waals surface area contributed by atoms with E-state index < -0.39 is 0 Å². The van der Waals surface area contributed by atoms with Crippen molar-refractivity contribution in [3.63, 3.8) is 0 Å². The Hall–Kier alpha value is -2.03. The molecule has 130 valence electrons. The van der Waals surface area contributed by atoms with Gasteiger partial charge in [-0.25, -0.2) is 0 Å². The van der Waals surface area contributed by atoms with Crippen molar-refractivity contribution in [2.45, 2.75) is 20.8 Å². The number of hydrogen-bond acceptors (Lipinski definition) is 2. The molecule has 0 unspecified atom stereocenters. The van der Waals surface area contributed by atoms with E-state index in [0.717, 1.165) is 28.1 Å². The zero-order chi connectivity index (χ0) is 18.6. The molecular formula is C21H22Cl2N2. The van der Waals surface area contributed by atoms with Crippen molar-refractivity contribution in [2.75, 3.05) is 7.05 Å². The summed E-state index contributed by atoms with van der Waals surface area (Å²) in [4.78, 5) is 6.48. The van der Waals surface area contributed by atoms with Crippen LogP contribution in [0.15, 0.2) is 66.5 Å². The molecule has 0 saturated carbocycles. The molecule has 1 aromatic heterocycles. The van der Waals surface area contributed by atoms with Crippen molar-refractivity contribution in [3.8, 4) is 0 Å². The lowest BCUT2D eigenvalue weighted by Gasteiger charge is -2.31. The maximum absolute atomic E-state index is 6.41. The Morgan fingerprint density at radius 2 is 1.72 bits per heavy atom. The number of nitrogens with zero attached hydrogens (tertiary/aromatic N) is 2. The lowest BCUT2D eigenvalue weighted by molar-refractivity contribution is 0.603. The van der Waals surface area contributed by atoms with E-state index in [1.54, 1.807) is 12.3 Å². The van der Waals surface area contributed by atoms with Crippen molar-refractivity contribution in [3.05, 3.63) is 87.8 Å². The highest BCUT2D eigenvalue weighted by Crippen LogP contribution is 2.39. The number of rotatable bonds is 2. The zero-order valence-corrected chi connectivity index (χ0v) is 16.5. The van der Waals surface area contributed by atoms with Crippen LogP contribution in [-0.2, 0) is 0 Å². The lowest BCUT2D eigenvalue weighted by atomic mass is 9.94. The SMILES string of the molecule is C=C1C(C)=CC(c2ccccc2)=C(c2ncc(Cl)cc2Cl)N1C.CC. The molecule has 2 nitrogen and oxygen atoms in total. The summed E-state index contributed by atoms with van der Waals surface area (Å²) in [5, 5.41) is 1.04. The number of aromatic nitrogens is 1. The fourth-order valence-corrected chi connectivity index (χ4v) is 3.13. The minimum atomic E-state index is 0.518. The van der Waals surface area contributed by atoms with Gasteiger partial charge in [-0.15, -0.1) is 0 Å². The van der Waals surface area contributed by atoms with Crippen LogP contribution in [0.1, 0.15) is 32.0 Å². The molecule has 0 saturated heterocycles. The van der Waals surface area contributed by atoms with Crippen LogP contribution in [0.3, 0.4) is 0 Å². The highest BCUT2D eigenvalue weighted by Gasteiger charge is 2.24. The molecule has 0 amide bonds. The first-order chi connectivity index (χ1) is 12.0. The van der Waals surface area contributed by atoms with Gasteiger partial charge in [-0.05, 0) is 30.2 Å². The minimum Gasteiger partial charge on any atom is -0.343 e. The highest BCUT2D eigenvalue weighted by molar-refractivity contribution is 6.35. The number of benzene rings is 1. The van der Waals surface area contributed by atoms with E-state index >= 15 is 0 Å². The summed E-state index contributed by atoms with van der Waals surface area (Å²) < 4.78 is 0. The summed E-state index contributed by atoms with van der Waals surface area (Å²) in [6.45, 7) is 10.2. The third-order valence-electron chi connectivity index (χ3n) is 3.93. The molecule has 2 aromatic rings. The predicted octanol–water partition coefficient (Wildman–Crippen LogP) is 6.69. The van der Waals surface area contributed by atoms with E-state index in [1.165, 1.54) is 0 Å². The first-order valence-electron chi connectivity index (χ1n) is 8.21. The third-order valence-corrected chi connectivity index (χ3v) is 4.42. The Kier molecular flexibility index (Phi) is 6.46. The van der Waals surface area contributed by atoms with E-state index in [4.69, 9.17) is 23.2 Å². The van der Waals surface area contributed by atoms with Crippen molar-refractivity contribution in [1.82, 2.24) is 9.88 Å². The van der Waals surface area contributed by atoms with Crippen molar-refractivity contribution in [2.24, 2.45) is 0 Å². The van der Waals surface area contributed by atoms with E-state index in [0.29, 0.717) is 15.7 Å². The third kappa shape index (κ3) is 3.97.